The molecule has 0 saturated carbocycles. The first-order valence-corrected chi connectivity index (χ1v) is 4.62. The number of ether oxygens (including phenoxy) is 2. The van der Waals surface area contributed by atoms with Gasteiger partial charge in [0, 0.05) is 13.1 Å². The lowest BCUT2D eigenvalue weighted by atomic mass is 10.3. The fourth-order valence-corrected chi connectivity index (χ4v) is 1.26. The van der Waals surface area contributed by atoms with Crippen molar-refractivity contribution in [3.63, 3.8) is 0 Å². The van der Waals surface area contributed by atoms with Gasteiger partial charge in [-0.15, -0.1) is 0 Å². The van der Waals surface area contributed by atoms with Crippen LogP contribution < -0.4 is 9.47 Å². The molecular weight excluding hydrogens is 210 g/mol. The van der Waals surface area contributed by atoms with Crippen LogP contribution in [0.3, 0.4) is 0 Å². The normalized spacial score (nSPS) is 10.2. The molecule has 2 rings (SSSR count). The monoisotopic (exact) mass is 221 g/mol. The summed E-state index contributed by atoms with van der Waals surface area (Å²) in [5.41, 5.74) is 0.643. The van der Waals surface area contributed by atoms with Crippen LogP contribution >= 0.6 is 0 Å². The molecule has 6 nitrogen and oxygen atoms in total. The first kappa shape index (κ1) is 10.4. The maximum atomic E-state index is 5.37. The summed E-state index contributed by atoms with van der Waals surface area (Å²) in [6.07, 6.45) is 3.17. The second kappa shape index (κ2) is 4.18. The Morgan fingerprint density at radius 3 is 2.50 bits per heavy atom. The highest BCUT2D eigenvalue weighted by atomic mass is 16.5. The number of methoxy groups -OCH3 is 2. The zero-order valence-electron chi connectivity index (χ0n) is 9.22. The summed E-state index contributed by atoms with van der Waals surface area (Å²) in [7, 11) is 3.02. The van der Waals surface area contributed by atoms with Crippen LogP contribution in [0.5, 0.6) is 11.9 Å². The van der Waals surface area contributed by atoms with Gasteiger partial charge in [-0.3, -0.25) is 0 Å². The minimum absolute atomic E-state index is 0.247. The van der Waals surface area contributed by atoms with Crippen molar-refractivity contribution >= 4 is 0 Å². The van der Waals surface area contributed by atoms with Crippen molar-refractivity contribution in [3.05, 3.63) is 18.3 Å². The first-order valence-electron chi connectivity index (χ1n) is 4.62. The molecule has 0 N–H and O–H groups in total. The van der Waals surface area contributed by atoms with Gasteiger partial charge in [0.15, 0.2) is 11.7 Å². The van der Waals surface area contributed by atoms with Crippen molar-refractivity contribution < 1.29 is 13.9 Å². The Kier molecular flexibility index (Phi) is 2.72. The molecule has 0 fully saturated rings. The fraction of sp³-hybridized carbons (Fsp3) is 0.300. The highest BCUT2D eigenvalue weighted by Crippen LogP contribution is 2.28. The van der Waals surface area contributed by atoms with E-state index in [1.54, 1.807) is 19.3 Å². The largest absolute Gasteiger partial charge is 0.480 e. The lowest BCUT2D eigenvalue weighted by Gasteiger charge is -2.05. The standard InChI is InChI=1S/C10H11N3O3/c1-6-11-5-8(16-6)7-4-12-10(15-3)13-9(7)14-2/h4-5H,1-3H3. The molecule has 0 aliphatic carbocycles. The molecule has 0 saturated heterocycles. The molecule has 0 bridgehead atoms. The average Bonchev–Trinajstić information content (AvgIpc) is 2.74. The molecule has 2 aromatic rings. The molecule has 84 valence electrons. The molecule has 6 heteroatoms. The molecule has 2 heterocycles. The van der Waals surface area contributed by atoms with Crippen LogP contribution in [-0.4, -0.2) is 29.2 Å². The smallest absolute Gasteiger partial charge is 0.319 e. The Morgan fingerprint density at radius 1 is 1.12 bits per heavy atom. The van der Waals surface area contributed by atoms with Crippen LogP contribution in [0.4, 0.5) is 0 Å². The zero-order valence-corrected chi connectivity index (χ0v) is 9.22. The van der Waals surface area contributed by atoms with Gasteiger partial charge in [0.1, 0.15) is 0 Å². The van der Waals surface area contributed by atoms with Crippen molar-refractivity contribution in [1.29, 1.82) is 0 Å². The summed E-state index contributed by atoms with van der Waals surface area (Å²) in [5.74, 6) is 1.54. The van der Waals surface area contributed by atoms with Crippen LogP contribution in [0.25, 0.3) is 11.3 Å². The van der Waals surface area contributed by atoms with E-state index in [0.29, 0.717) is 23.1 Å². The molecule has 0 atom stereocenters. The fourth-order valence-electron chi connectivity index (χ4n) is 1.26. The van der Waals surface area contributed by atoms with E-state index in [2.05, 4.69) is 15.0 Å². The molecule has 0 amide bonds. The van der Waals surface area contributed by atoms with E-state index in [1.807, 2.05) is 0 Å². The van der Waals surface area contributed by atoms with E-state index in [0.717, 1.165) is 0 Å². The van der Waals surface area contributed by atoms with Crippen LogP contribution in [0.1, 0.15) is 5.89 Å². The number of aryl methyl sites for hydroxylation is 1. The maximum Gasteiger partial charge on any atom is 0.319 e. The molecular formula is C10H11N3O3. The average molecular weight is 221 g/mol. The van der Waals surface area contributed by atoms with Gasteiger partial charge in [0.2, 0.25) is 5.88 Å². The first-order chi connectivity index (χ1) is 7.74. The topological polar surface area (TPSA) is 70.3 Å². The molecule has 0 aromatic carbocycles. The minimum atomic E-state index is 0.247. The summed E-state index contributed by atoms with van der Waals surface area (Å²) in [6, 6.07) is 0.247. The predicted molar refractivity (Wildman–Crippen MR) is 55.4 cm³/mol. The second-order valence-electron chi connectivity index (χ2n) is 3.02. The van der Waals surface area contributed by atoms with Gasteiger partial charge >= 0.3 is 6.01 Å². The van der Waals surface area contributed by atoms with Crippen LogP contribution in [0, 0.1) is 6.92 Å². The van der Waals surface area contributed by atoms with E-state index >= 15 is 0 Å². The lowest BCUT2D eigenvalue weighted by Crippen LogP contribution is -1.97. The van der Waals surface area contributed by atoms with Gasteiger partial charge in [0.25, 0.3) is 0 Å². The van der Waals surface area contributed by atoms with Crippen molar-refractivity contribution in [2.75, 3.05) is 14.2 Å². The van der Waals surface area contributed by atoms with Crippen molar-refractivity contribution in [2.45, 2.75) is 6.92 Å². The van der Waals surface area contributed by atoms with Crippen molar-refractivity contribution in [2.24, 2.45) is 0 Å². The van der Waals surface area contributed by atoms with Gasteiger partial charge in [-0.1, -0.05) is 0 Å². The van der Waals surface area contributed by atoms with Gasteiger partial charge in [-0.25, -0.2) is 9.97 Å². The molecule has 0 aliphatic heterocycles. The Morgan fingerprint density at radius 2 is 1.94 bits per heavy atom. The van der Waals surface area contributed by atoms with Crippen molar-refractivity contribution in [3.8, 4) is 23.2 Å². The lowest BCUT2D eigenvalue weighted by molar-refractivity contribution is 0.352. The van der Waals surface area contributed by atoms with Crippen LogP contribution in [-0.2, 0) is 0 Å². The number of nitrogens with zero attached hydrogens (tertiary/aromatic N) is 3. The number of hydrogen-bond donors (Lipinski definition) is 0. The highest BCUT2D eigenvalue weighted by molar-refractivity contribution is 5.61. The van der Waals surface area contributed by atoms with E-state index < -0.39 is 0 Å². The van der Waals surface area contributed by atoms with Crippen LogP contribution in [0.15, 0.2) is 16.8 Å². The Hall–Kier alpha value is -2.11. The summed E-state index contributed by atoms with van der Waals surface area (Å²) >= 11 is 0. The zero-order chi connectivity index (χ0) is 11.5. The Labute approximate surface area is 92.3 Å². The van der Waals surface area contributed by atoms with Gasteiger partial charge < -0.3 is 13.9 Å². The number of oxazole rings is 1. The third-order valence-electron chi connectivity index (χ3n) is 1.99. The van der Waals surface area contributed by atoms with E-state index in [9.17, 15) is 0 Å². The van der Waals surface area contributed by atoms with E-state index in [4.69, 9.17) is 13.9 Å². The third-order valence-corrected chi connectivity index (χ3v) is 1.99. The number of rotatable bonds is 3. The number of hydrogen-bond acceptors (Lipinski definition) is 6. The predicted octanol–water partition coefficient (Wildman–Crippen LogP) is 1.46. The Bertz CT molecular complexity index is 496. The molecule has 0 radical (unpaired) electrons. The molecule has 0 aliphatic rings. The van der Waals surface area contributed by atoms with E-state index in [-0.39, 0.29) is 6.01 Å². The van der Waals surface area contributed by atoms with Crippen molar-refractivity contribution in [1.82, 2.24) is 15.0 Å². The van der Waals surface area contributed by atoms with Crippen LogP contribution in [0.2, 0.25) is 0 Å². The summed E-state index contributed by atoms with van der Waals surface area (Å²) in [6.45, 7) is 1.76. The summed E-state index contributed by atoms with van der Waals surface area (Å²) < 4.78 is 15.4. The van der Waals surface area contributed by atoms with Gasteiger partial charge in [-0.05, 0) is 0 Å². The maximum absolute atomic E-state index is 5.37. The van der Waals surface area contributed by atoms with E-state index in [1.165, 1.54) is 14.2 Å². The number of aromatic nitrogens is 3. The quantitative estimate of drug-likeness (QED) is 0.781. The third kappa shape index (κ3) is 1.81. The van der Waals surface area contributed by atoms with Gasteiger partial charge in [0.05, 0.1) is 26.0 Å². The molecule has 0 unspecified atom stereocenters. The highest BCUT2D eigenvalue weighted by Gasteiger charge is 2.13. The molecule has 2 aromatic heterocycles. The summed E-state index contributed by atoms with van der Waals surface area (Å²) in [5, 5.41) is 0. The molecule has 0 spiro atoms. The molecule has 16 heavy (non-hydrogen) atoms. The summed E-state index contributed by atoms with van der Waals surface area (Å²) in [4.78, 5) is 12.0. The Balaban J connectivity index is 2.48. The minimum Gasteiger partial charge on any atom is -0.480 e. The second-order valence-corrected chi connectivity index (χ2v) is 3.02. The SMILES string of the molecule is COc1ncc(-c2cnc(C)o2)c(OC)n1. The van der Waals surface area contributed by atoms with Gasteiger partial charge in [-0.2, -0.15) is 4.98 Å².